The van der Waals surface area contributed by atoms with Crippen LogP contribution in [0.25, 0.3) is 0 Å². The molecule has 1 saturated carbocycles. The third-order valence-corrected chi connectivity index (χ3v) is 3.84. The van der Waals surface area contributed by atoms with E-state index in [2.05, 4.69) is 16.4 Å². The van der Waals surface area contributed by atoms with Crippen LogP contribution in [0.1, 0.15) is 35.6 Å². The number of aromatic nitrogens is 1. The molecule has 20 heavy (non-hydrogen) atoms. The summed E-state index contributed by atoms with van der Waals surface area (Å²) in [5, 5.41) is 3.60. The van der Waals surface area contributed by atoms with E-state index in [-0.39, 0.29) is 11.9 Å². The van der Waals surface area contributed by atoms with Gasteiger partial charge in [0.1, 0.15) is 5.82 Å². The first-order valence-electron chi connectivity index (χ1n) is 7.13. The van der Waals surface area contributed by atoms with Crippen LogP contribution in [0.5, 0.6) is 0 Å². The van der Waals surface area contributed by atoms with Crippen LogP contribution in [-0.4, -0.2) is 11.5 Å². The molecule has 0 saturated heterocycles. The Morgan fingerprint density at radius 3 is 2.80 bits per heavy atom. The fraction of sp³-hybridized carbons (Fsp3) is 0.353. The fourth-order valence-electron chi connectivity index (χ4n) is 2.43. The Hall–Kier alpha value is -1.74. The van der Waals surface area contributed by atoms with Crippen molar-refractivity contribution >= 4 is 0 Å². The highest BCUT2D eigenvalue weighted by atomic mass is 19.1. The summed E-state index contributed by atoms with van der Waals surface area (Å²) in [6, 6.07) is 9.43. The largest absolute Gasteiger partial charge is 0.306 e. The average Bonchev–Trinajstić information content (AvgIpc) is 3.28. The molecule has 0 radical (unpaired) electrons. The Morgan fingerprint density at radius 2 is 2.15 bits per heavy atom. The molecule has 2 aromatic rings. The van der Waals surface area contributed by atoms with Crippen molar-refractivity contribution in [3.63, 3.8) is 0 Å². The summed E-state index contributed by atoms with van der Waals surface area (Å²) in [5.74, 6) is 0.650. The number of rotatable bonds is 5. The third-order valence-electron chi connectivity index (χ3n) is 3.84. The maximum absolute atomic E-state index is 13.5. The van der Waals surface area contributed by atoms with Crippen molar-refractivity contribution in [2.75, 3.05) is 6.54 Å². The van der Waals surface area contributed by atoms with Gasteiger partial charge in [-0.2, -0.15) is 0 Å². The predicted molar refractivity (Wildman–Crippen MR) is 77.9 cm³/mol. The quantitative estimate of drug-likeness (QED) is 0.897. The molecule has 1 atom stereocenters. The Kier molecular flexibility index (Phi) is 3.79. The molecule has 1 N–H and O–H groups in total. The molecule has 104 valence electrons. The maximum Gasteiger partial charge on any atom is 0.126 e. The van der Waals surface area contributed by atoms with Crippen molar-refractivity contribution in [2.45, 2.75) is 25.8 Å². The molecule has 2 nitrogen and oxygen atoms in total. The molecule has 1 aliphatic carbocycles. The van der Waals surface area contributed by atoms with Gasteiger partial charge < -0.3 is 5.32 Å². The number of benzene rings is 1. The zero-order chi connectivity index (χ0) is 13.9. The second-order valence-corrected chi connectivity index (χ2v) is 5.58. The number of nitrogens with one attached hydrogen (secondary N) is 1. The van der Waals surface area contributed by atoms with Gasteiger partial charge in [0, 0.05) is 12.4 Å². The first kappa shape index (κ1) is 13.3. The van der Waals surface area contributed by atoms with Gasteiger partial charge in [-0.05, 0) is 61.1 Å². The minimum atomic E-state index is -0.152. The van der Waals surface area contributed by atoms with Crippen molar-refractivity contribution in [2.24, 2.45) is 5.92 Å². The molecule has 1 fully saturated rings. The van der Waals surface area contributed by atoms with Crippen molar-refractivity contribution in [1.29, 1.82) is 0 Å². The van der Waals surface area contributed by atoms with Gasteiger partial charge in [-0.3, -0.25) is 4.98 Å². The van der Waals surface area contributed by atoms with E-state index in [1.54, 1.807) is 19.2 Å². The molecule has 1 heterocycles. The van der Waals surface area contributed by atoms with Crippen LogP contribution in [0.15, 0.2) is 42.7 Å². The minimum absolute atomic E-state index is 0.0867. The molecule has 0 bridgehead atoms. The lowest BCUT2D eigenvalue weighted by Gasteiger charge is -2.20. The first-order chi connectivity index (χ1) is 9.74. The van der Waals surface area contributed by atoms with Gasteiger partial charge in [-0.15, -0.1) is 0 Å². The lowest BCUT2D eigenvalue weighted by molar-refractivity contribution is 0.568. The van der Waals surface area contributed by atoms with E-state index in [1.165, 1.54) is 12.8 Å². The van der Waals surface area contributed by atoms with Gasteiger partial charge in [0.15, 0.2) is 0 Å². The minimum Gasteiger partial charge on any atom is -0.306 e. The fourth-order valence-corrected chi connectivity index (χ4v) is 2.43. The van der Waals surface area contributed by atoms with Crippen LogP contribution >= 0.6 is 0 Å². The van der Waals surface area contributed by atoms with Gasteiger partial charge in [-0.25, -0.2) is 4.39 Å². The normalized spacial score (nSPS) is 16.1. The summed E-state index contributed by atoms with van der Waals surface area (Å²) in [4.78, 5) is 4.20. The standard InChI is InChI=1S/C17H19FN2/c1-12-9-14(6-7-16(12)18)17(20-10-13-4-5-13)15-3-2-8-19-11-15/h2-3,6-9,11,13,17,20H,4-5,10H2,1H3. The highest BCUT2D eigenvalue weighted by Gasteiger charge is 2.23. The number of halogens is 1. The average molecular weight is 270 g/mol. The van der Waals surface area contributed by atoms with E-state index >= 15 is 0 Å². The van der Waals surface area contributed by atoms with Crippen LogP contribution in [0.4, 0.5) is 4.39 Å². The Morgan fingerprint density at radius 1 is 1.30 bits per heavy atom. The first-order valence-corrected chi connectivity index (χ1v) is 7.13. The smallest absolute Gasteiger partial charge is 0.126 e. The molecule has 0 spiro atoms. The molecule has 1 aromatic heterocycles. The van der Waals surface area contributed by atoms with Gasteiger partial charge in [0.2, 0.25) is 0 Å². The summed E-state index contributed by atoms with van der Waals surface area (Å²) >= 11 is 0. The second-order valence-electron chi connectivity index (χ2n) is 5.58. The summed E-state index contributed by atoms with van der Waals surface area (Å²) in [6.45, 7) is 2.82. The van der Waals surface area contributed by atoms with Gasteiger partial charge in [0.05, 0.1) is 6.04 Å². The van der Waals surface area contributed by atoms with Crippen molar-refractivity contribution in [3.05, 3.63) is 65.2 Å². The molecular weight excluding hydrogens is 251 g/mol. The monoisotopic (exact) mass is 270 g/mol. The van der Waals surface area contributed by atoms with E-state index in [4.69, 9.17) is 0 Å². The Bertz CT molecular complexity index is 579. The Labute approximate surface area is 119 Å². The van der Waals surface area contributed by atoms with Gasteiger partial charge in [0.25, 0.3) is 0 Å². The molecule has 1 aliphatic rings. The maximum atomic E-state index is 13.5. The van der Waals surface area contributed by atoms with Gasteiger partial charge in [-0.1, -0.05) is 18.2 Å². The molecule has 1 unspecified atom stereocenters. The number of hydrogen-bond acceptors (Lipinski definition) is 2. The zero-order valence-electron chi connectivity index (χ0n) is 11.6. The molecule has 3 heteroatoms. The Balaban J connectivity index is 1.88. The van der Waals surface area contributed by atoms with Crippen LogP contribution in [0.3, 0.4) is 0 Å². The van der Waals surface area contributed by atoms with E-state index in [0.717, 1.165) is 23.6 Å². The lowest BCUT2D eigenvalue weighted by Crippen LogP contribution is -2.24. The molecular formula is C17H19FN2. The molecule has 3 rings (SSSR count). The van der Waals surface area contributed by atoms with Gasteiger partial charge >= 0.3 is 0 Å². The number of nitrogens with zero attached hydrogens (tertiary/aromatic N) is 1. The van der Waals surface area contributed by atoms with Crippen LogP contribution in [0.2, 0.25) is 0 Å². The van der Waals surface area contributed by atoms with E-state index in [9.17, 15) is 4.39 Å². The van der Waals surface area contributed by atoms with Crippen LogP contribution in [-0.2, 0) is 0 Å². The highest BCUT2D eigenvalue weighted by molar-refractivity contribution is 5.33. The number of pyridine rings is 1. The summed E-state index contributed by atoms with van der Waals surface area (Å²) < 4.78 is 13.5. The topological polar surface area (TPSA) is 24.9 Å². The summed E-state index contributed by atoms with van der Waals surface area (Å²) in [6.07, 6.45) is 6.28. The highest BCUT2D eigenvalue weighted by Crippen LogP contribution is 2.30. The molecule has 0 amide bonds. The summed E-state index contributed by atoms with van der Waals surface area (Å²) in [7, 11) is 0. The molecule has 0 aliphatic heterocycles. The van der Waals surface area contributed by atoms with Crippen molar-refractivity contribution in [1.82, 2.24) is 10.3 Å². The zero-order valence-corrected chi connectivity index (χ0v) is 11.6. The second kappa shape index (κ2) is 5.71. The third kappa shape index (κ3) is 3.05. The van der Waals surface area contributed by atoms with Crippen molar-refractivity contribution < 1.29 is 4.39 Å². The molecule has 1 aromatic carbocycles. The number of hydrogen-bond donors (Lipinski definition) is 1. The van der Waals surface area contributed by atoms with E-state index < -0.39 is 0 Å². The predicted octanol–water partition coefficient (Wildman–Crippen LogP) is 3.62. The van der Waals surface area contributed by atoms with Crippen LogP contribution < -0.4 is 5.32 Å². The lowest BCUT2D eigenvalue weighted by atomic mass is 9.98. The van der Waals surface area contributed by atoms with Crippen LogP contribution in [0, 0.1) is 18.7 Å². The number of aryl methyl sites for hydroxylation is 1. The summed E-state index contributed by atoms with van der Waals surface area (Å²) in [5.41, 5.74) is 2.90. The van der Waals surface area contributed by atoms with E-state index in [1.807, 2.05) is 24.4 Å². The van der Waals surface area contributed by atoms with Crippen molar-refractivity contribution in [3.8, 4) is 0 Å². The van der Waals surface area contributed by atoms with E-state index in [0.29, 0.717) is 5.56 Å². The SMILES string of the molecule is Cc1cc(C(NCC2CC2)c2cccnc2)ccc1F.